The Bertz CT molecular complexity index is 1090. The fourth-order valence-corrected chi connectivity index (χ4v) is 2.81. The molecule has 2 aromatic carbocycles. The Morgan fingerprint density at radius 2 is 2.07 bits per heavy atom. The van der Waals surface area contributed by atoms with Gasteiger partial charge >= 0.3 is 0 Å². The van der Waals surface area contributed by atoms with E-state index in [0.29, 0.717) is 23.4 Å². The third-order valence-electron chi connectivity index (χ3n) is 4.30. The molecule has 30 heavy (non-hydrogen) atoms. The van der Waals surface area contributed by atoms with Crippen LogP contribution in [0.5, 0.6) is 0 Å². The highest BCUT2D eigenvalue weighted by Gasteiger charge is 2.22. The molecular weight excluding hydrogens is 386 g/mol. The summed E-state index contributed by atoms with van der Waals surface area (Å²) < 4.78 is 6.94. The third-order valence-corrected chi connectivity index (χ3v) is 4.30. The Kier molecular flexibility index (Phi) is 6.52. The summed E-state index contributed by atoms with van der Waals surface area (Å²) in [5.41, 5.74) is 2.40. The fourth-order valence-electron chi connectivity index (χ4n) is 2.81. The molecule has 1 aromatic heterocycles. The van der Waals surface area contributed by atoms with Crippen molar-refractivity contribution in [2.75, 3.05) is 6.61 Å². The van der Waals surface area contributed by atoms with E-state index in [1.807, 2.05) is 6.07 Å². The summed E-state index contributed by atoms with van der Waals surface area (Å²) in [6, 6.07) is 16.7. The van der Waals surface area contributed by atoms with Gasteiger partial charge in [0.2, 0.25) is 6.23 Å². The molecular formula is C21H19N5O4. The van der Waals surface area contributed by atoms with Crippen LogP contribution in [0, 0.1) is 21.4 Å². The maximum atomic E-state index is 12.7. The lowest BCUT2D eigenvalue weighted by Crippen LogP contribution is -2.34. The minimum Gasteiger partial charge on any atom is -0.348 e. The first-order valence-electron chi connectivity index (χ1n) is 9.20. The van der Waals surface area contributed by atoms with Crippen LogP contribution in [0.25, 0.3) is 11.3 Å². The molecule has 1 atom stereocenters. The number of amides is 1. The van der Waals surface area contributed by atoms with Crippen LogP contribution in [0.2, 0.25) is 0 Å². The Morgan fingerprint density at radius 3 is 2.73 bits per heavy atom. The smallest absolute Gasteiger partial charge is 0.272 e. The molecule has 3 aromatic rings. The summed E-state index contributed by atoms with van der Waals surface area (Å²) in [6.45, 7) is 2.33. The Balaban J connectivity index is 1.74. The molecule has 0 saturated heterocycles. The lowest BCUT2D eigenvalue weighted by Gasteiger charge is -2.17. The number of carbonyl (C=O) groups is 1. The highest BCUT2D eigenvalue weighted by molar-refractivity contribution is 5.79. The first-order valence-corrected chi connectivity index (χ1v) is 9.20. The van der Waals surface area contributed by atoms with Crippen molar-refractivity contribution in [2.45, 2.75) is 19.7 Å². The summed E-state index contributed by atoms with van der Waals surface area (Å²) in [5, 5.41) is 27.0. The van der Waals surface area contributed by atoms with Crippen molar-refractivity contribution in [2.24, 2.45) is 0 Å². The summed E-state index contributed by atoms with van der Waals surface area (Å²) >= 11 is 0. The monoisotopic (exact) mass is 405 g/mol. The van der Waals surface area contributed by atoms with Gasteiger partial charge in [-0.25, -0.2) is 4.68 Å². The number of aromatic nitrogens is 2. The van der Waals surface area contributed by atoms with Gasteiger partial charge in [-0.15, -0.1) is 0 Å². The second-order valence-electron chi connectivity index (χ2n) is 6.32. The average molecular weight is 405 g/mol. The van der Waals surface area contributed by atoms with E-state index in [9.17, 15) is 14.9 Å². The number of non-ortho nitro benzene ring substituents is 1. The average Bonchev–Trinajstić information content (AvgIpc) is 3.26. The number of rotatable bonds is 8. The number of nitro benzene ring substituents is 1. The van der Waals surface area contributed by atoms with E-state index >= 15 is 0 Å². The molecule has 1 N–H and O–H groups in total. The second kappa shape index (κ2) is 9.45. The van der Waals surface area contributed by atoms with E-state index < -0.39 is 11.2 Å². The quantitative estimate of drug-likeness (QED) is 0.453. The molecule has 1 heterocycles. The van der Waals surface area contributed by atoms with Gasteiger partial charge in [0.1, 0.15) is 0 Å². The van der Waals surface area contributed by atoms with Gasteiger partial charge < -0.3 is 10.1 Å². The number of hydrogen-bond donors (Lipinski definition) is 1. The zero-order valence-electron chi connectivity index (χ0n) is 16.2. The molecule has 9 heteroatoms. The van der Waals surface area contributed by atoms with Gasteiger partial charge in [-0.3, -0.25) is 14.9 Å². The summed E-state index contributed by atoms with van der Waals surface area (Å²) in [7, 11) is 0. The Morgan fingerprint density at radius 1 is 1.30 bits per heavy atom. The van der Waals surface area contributed by atoms with Gasteiger partial charge in [0.05, 0.1) is 22.2 Å². The van der Waals surface area contributed by atoms with Crippen LogP contribution in [0.3, 0.4) is 0 Å². The Hall–Kier alpha value is -4.03. The summed E-state index contributed by atoms with van der Waals surface area (Å²) in [5.74, 6) is -0.380. The van der Waals surface area contributed by atoms with E-state index in [2.05, 4.69) is 10.4 Å². The van der Waals surface area contributed by atoms with Gasteiger partial charge in [-0.2, -0.15) is 10.4 Å². The van der Waals surface area contributed by atoms with Crippen LogP contribution < -0.4 is 5.32 Å². The second-order valence-corrected chi connectivity index (χ2v) is 6.32. The molecule has 0 unspecified atom stereocenters. The van der Waals surface area contributed by atoms with Crippen LogP contribution in [0.15, 0.2) is 60.8 Å². The zero-order valence-corrected chi connectivity index (χ0v) is 16.2. The number of nitriles is 1. The molecule has 3 rings (SSSR count). The number of nitrogens with one attached hydrogen (secondary N) is 1. The Labute approximate surface area is 172 Å². The molecule has 152 valence electrons. The molecule has 0 bridgehead atoms. The van der Waals surface area contributed by atoms with E-state index in [1.165, 1.54) is 16.8 Å². The van der Waals surface area contributed by atoms with Crippen LogP contribution in [0.1, 0.15) is 24.3 Å². The molecule has 0 aliphatic carbocycles. The summed E-state index contributed by atoms with van der Waals surface area (Å²) in [6.07, 6.45) is 0.608. The highest BCUT2D eigenvalue weighted by atomic mass is 16.6. The number of hydrogen-bond acceptors (Lipinski definition) is 6. The molecule has 0 radical (unpaired) electrons. The maximum Gasteiger partial charge on any atom is 0.272 e. The van der Waals surface area contributed by atoms with E-state index in [1.54, 1.807) is 55.6 Å². The largest absolute Gasteiger partial charge is 0.348 e. The molecule has 0 aliphatic rings. The predicted molar refractivity (Wildman–Crippen MR) is 108 cm³/mol. The van der Waals surface area contributed by atoms with Gasteiger partial charge in [0.25, 0.3) is 11.6 Å². The first kappa shape index (κ1) is 20.7. The molecule has 1 amide bonds. The third kappa shape index (κ3) is 4.87. The van der Waals surface area contributed by atoms with E-state index in [4.69, 9.17) is 10.00 Å². The standard InChI is InChI=1S/C21H19N5O4/c1-2-30-21(20(27)23-14-16-8-6-15(13-22)7-9-16)25-11-10-19(24-25)17-4-3-5-18(12-17)26(28)29/h3-12,21H,2,14H2,1H3,(H,23,27)/t21-/m0/s1. The number of ether oxygens (including phenoxy) is 1. The van der Waals surface area contributed by atoms with Crippen LogP contribution in [-0.4, -0.2) is 27.2 Å². The molecule has 0 spiro atoms. The molecule has 0 saturated carbocycles. The number of nitro groups is 1. The minimum atomic E-state index is -0.985. The van der Waals surface area contributed by atoms with E-state index in [0.717, 1.165) is 5.56 Å². The lowest BCUT2D eigenvalue weighted by atomic mass is 10.1. The number of carbonyl (C=O) groups excluding carboxylic acids is 1. The summed E-state index contributed by atoms with van der Waals surface area (Å²) in [4.78, 5) is 23.2. The predicted octanol–water partition coefficient (Wildman–Crippen LogP) is 3.18. The van der Waals surface area contributed by atoms with Crippen LogP contribution >= 0.6 is 0 Å². The molecule has 0 fully saturated rings. The van der Waals surface area contributed by atoms with Gasteiger partial charge in [0, 0.05) is 37.0 Å². The van der Waals surface area contributed by atoms with Crippen molar-refractivity contribution in [3.63, 3.8) is 0 Å². The van der Waals surface area contributed by atoms with Gasteiger partial charge in [-0.05, 0) is 30.7 Å². The van der Waals surface area contributed by atoms with Crippen molar-refractivity contribution in [1.29, 1.82) is 5.26 Å². The van der Waals surface area contributed by atoms with Crippen molar-refractivity contribution in [1.82, 2.24) is 15.1 Å². The minimum absolute atomic E-state index is 0.0384. The highest BCUT2D eigenvalue weighted by Crippen LogP contribution is 2.23. The first-order chi connectivity index (χ1) is 14.5. The normalized spacial score (nSPS) is 11.5. The molecule has 9 nitrogen and oxygen atoms in total. The van der Waals surface area contributed by atoms with Gasteiger partial charge in [0.15, 0.2) is 0 Å². The van der Waals surface area contributed by atoms with Crippen molar-refractivity contribution >= 4 is 11.6 Å². The fraction of sp³-hybridized carbons (Fsp3) is 0.190. The van der Waals surface area contributed by atoms with E-state index in [-0.39, 0.29) is 18.1 Å². The van der Waals surface area contributed by atoms with Crippen LogP contribution in [-0.2, 0) is 16.1 Å². The SMILES string of the molecule is CCO[C@@H](C(=O)NCc1ccc(C#N)cc1)n1ccc(-c2cccc([N+](=O)[O-])c2)n1. The molecule has 0 aliphatic heterocycles. The van der Waals surface area contributed by atoms with Gasteiger partial charge in [-0.1, -0.05) is 24.3 Å². The lowest BCUT2D eigenvalue weighted by molar-refractivity contribution is -0.384. The van der Waals surface area contributed by atoms with Crippen LogP contribution in [0.4, 0.5) is 5.69 Å². The zero-order chi connectivity index (χ0) is 21.5. The topological polar surface area (TPSA) is 123 Å². The van der Waals surface area contributed by atoms with Crippen molar-refractivity contribution in [3.8, 4) is 17.3 Å². The number of benzene rings is 2. The number of nitrogens with zero attached hydrogens (tertiary/aromatic N) is 4. The maximum absolute atomic E-state index is 12.7. The van der Waals surface area contributed by atoms with Crippen molar-refractivity contribution < 1.29 is 14.5 Å². The van der Waals surface area contributed by atoms with Crippen molar-refractivity contribution in [3.05, 3.63) is 82.0 Å².